The van der Waals surface area contributed by atoms with Crippen molar-refractivity contribution in [3.05, 3.63) is 67.1 Å². The van der Waals surface area contributed by atoms with Gasteiger partial charge in [-0.25, -0.2) is 4.98 Å². The summed E-state index contributed by atoms with van der Waals surface area (Å²) in [5, 5.41) is 6.98. The predicted octanol–water partition coefficient (Wildman–Crippen LogP) is 5.12. The number of benzene rings is 1. The lowest BCUT2D eigenvalue weighted by atomic mass is 10.1. The molecule has 0 radical (unpaired) electrons. The molecule has 4 rings (SSSR count). The Morgan fingerprint density at radius 3 is 2.50 bits per heavy atom. The molecule has 3 aromatic rings. The fourth-order valence-corrected chi connectivity index (χ4v) is 3.83. The second-order valence-electron chi connectivity index (χ2n) is 7.55. The maximum atomic E-state index is 12.7. The van der Waals surface area contributed by atoms with Gasteiger partial charge in [-0.3, -0.25) is 4.98 Å². The zero-order valence-electron chi connectivity index (χ0n) is 18.0. The third-order valence-electron chi connectivity index (χ3n) is 5.09. The van der Waals surface area contributed by atoms with Crippen molar-refractivity contribution < 1.29 is 22.6 Å². The first-order chi connectivity index (χ1) is 16.4. The average Bonchev–Trinajstić information content (AvgIpc) is 2.81. The van der Waals surface area contributed by atoms with E-state index in [1.807, 2.05) is 12.1 Å². The van der Waals surface area contributed by atoms with Crippen molar-refractivity contribution in [1.82, 2.24) is 15.3 Å². The van der Waals surface area contributed by atoms with Crippen LogP contribution >= 0.6 is 12.2 Å². The molecule has 0 spiro atoms. The van der Waals surface area contributed by atoms with E-state index in [1.54, 1.807) is 36.8 Å². The molecule has 178 valence electrons. The molecule has 0 bridgehead atoms. The minimum absolute atomic E-state index is 0.0329. The monoisotopic (exact) mass is 489 g/mol. The number of piperidine rings is 1. The Morgan fingerprint density at radius 1 is 1.03 bits per heavy atom. The van der Waals surface area contributed by atoms with E-state index in [9.17, 15) is 13.2 Å². The van der Waals surface area contributed by atoms with Crippen LogP contribution < -0.4 is 25.0 Å². The molecule has 11 heteroatoms. The number of alkyl halides is 3. The lowest BCUT2D eigenvalue weighted by molar-refractivity contribution is -0.275. The summed E-state index contributed by atoms with van der Waals surface area (Å²) in [4.78, 5) is 10.5. The van der Waals surface area contributed by atoms with Crippen LogP contribution in [0.25, 0.3) is 0 Å². The summed E-state index contributed by atoms with van der Waals surface area (Å²) in [6.45, 7) is 1.47. The van der Waals surface area contributed by atoms with Gasteiger partial charge in [0.25, 0.3) is 0 Å². The minimum atomic E-state index is -4.81. The first-order valence-corrected chi connectivity index (χ1v) is 11.0. The summed E-state index contributed by atoms with van der Waals surface area (Å²) < 4.78 is 47.8. The molecule has 0 amide bonds. The van der Waals surface area contributed by atoms with Crippen molar-refractivity contribution in [1.29, 1.82) is 0 Å². The fraction of sp³-hybridized carbons (Fsp3) is 0.261. The van der Waals surface area contributed by atoms with Crippen molar-refractivity contribution in [3.8, 4) is 17.2 Å². The normalized spacial score (nSPS) is 14.4. The quantitative estimate of drug-likeness (QED) is 0.462. The molecule has 2 N–H and O–H groups in total. The minimum Gasteiger partial charge on any atom is -0.453 e. The standard InChI is InChI=1S/C23H22F3N5O2S/c24-23(25,26)33-20-6-2-1-5-19(20)32-18-7-11-28-21(14-18)31-12-8-16(9-13-31)29-22(34)30-17-4-3-10-27-15-17/h1-7,10-11,14-16H,8-9,12-13H2,(H2,29,30,34). The van der Waals surface area contributed by atoms with E-state index >= 15 is 0 Å². The van der Waals surface area contributed by atoms with Gasteiger partial charge < -0.3 is 25.0 Å². The predicted molar refractivity (Wildman–Crippen MR) is 126 cm³/mol. The first-order valence-electron chi connectivity index (χ1n) is 10.6. The molecule has 1 saturated heterocycles. The smallest absolute Gasteiger partial charge is 0.453 e. The summed E-state index contributed by atoms with van der Waals surface area (Å²) in [7, 11) is 0. The van der Waals surface area contributed by atoms with Gasteiger partial charge in [-0.2, -0.15) is 0 Å². The van der Waals surface area contributed by atoms with E-state index in [4.69, 9.17) is 17.0 Å². The van der Waals surface area contributed by atoms with Gasteiger partial charge in [0.05, 0.1) is 11.9 Å². The average molecular weight is 490 g/mol. The lowest BCUT2D eigenvalue weighted by Gasteiger charge is -2.33. The number of halogens is 3. The molecule has 0 unspecified atom stereocenters. The van der Waals surface area contributed by atoms with Gasteiger partial charge in [0.15, 0.2) is 16.6 Å². The van der Waals surface area contributed by atoms with Crippen molar-refractivity contribution >= 4 is 28.8 Å². The Morgan fingerprint density at radius 2 is 1.79 bits per heavy atom. The number of thiocarbonyl (C=S) groups is 1. The molecular weight excluding hydrogens is 467 g/mol. The summed E-state index contributed by atoms with van der Waals surface area (Å²) in [6.07, 6.45) is 1.82. The molecule has 1 aromatic carbocycles. The highest BCUT2D eigenvalue weighted by Crippen LogP contribution is 2.35. The highest BCUT2D eigenvalue weighted by atomic mass is 32.1. The van der Waals surface area contributed by atoms with Gasteiger partial charge in [0.1, 0.15) is 11.6 Å². The largest absolute Gasteiger partial charge is 0.573 e. The van der Waals surface area contributed by atoms with E-state index in [1.165, 1.54) is 18.2 Å². The Labute approximate surface area is 199 Å². The second kappa shape index (κ2) is 10.6. The summed E-state index contributed by atoms with van der Waals surface area (Å²) in [6, 6.07) is 12.9. The van der Waals surface area contributed by atoms with Gasteiger partial charge in [-0.15, -0.1) is 13.2 Å². The van der Waals surface area contributed by atoms with Crippen LogP contribution in [0.5, 0.6) is 17.2 Å². The number of hydrogen-bond donors (Lipinski definition) is 2. The number of pyridine rings is 2. The zero-order valence-corrected chi connectivity index (χ0v) is 18.8. The molecule has 3 heterocycles. The number of para-hydroxylation sites is 2. The zero-order chi connectivity index (χ0) is 24.0. The van der Waals surface area contributed by atoms with E-state index in [0.717, 1.165) is 31.6 Å². The van der Waals surface area contributed by atoms with Crippen molar-refractivity contribution in [2.45, 2.75) is 25.2 Å². The number of rotatable bonds is 6. The fourth-order valence-electron chi connectivity index (χ4n) is 3.55. The number of hydrogen-bond acceptors (Lipinski definition) is 6. The SMILES string of the molecule is FC(F)(F)Oc1ccccc1Oc1ccnc(N2CCC(NC(=S)Nc3cccnc3)CC2)c1. The number of nitrogens with one attached hydrogen (secondary N) is 2. The first kappa shape index (κ1) is 23.6. The maximum Gasteiger partial charge on any atom is 0.573 e. The molecule has 1 aliphatic rings. The van der Waals surface area contributed by atoms with Gasteiger partial charge in [0, 0.05) is 37.6 Å². The number of anilines is 2. The number of ether oxygens (including phenoxy) is 2. The Bertz CT molecular complexity index is 1110. The molecule has 0 atom stereocenters. The van der Waals surface area contributed by atoms with Crippen LogP contribution in [0.15, 0.2) is 67.1 Å². The molecule has 7 nitrogen and oxygen atoms in total. The Kier molecular flexibility index (Phi) is 7.31. The molecule has 1 fully saturated rings. The summed E-state index contributed by atoms with van der Waals surface area (Å²) in [5.41, 5.74) is 0.820. The topological polar surface area (TPSA) is 71.5 Å². The van der Waals surface area contributed by atoms with Crippen LogP contribution in [0.4, 0.5) is 24.7 Å². The van der Waals surface area contributed by atoms with Crippen molar-refractivity contribution in [2.24, 2.45) is 0 Å². The van der Waals surface area contributed by atoms with Crippen LogP contribution in [-0.4, -0.2) is 40.6 Å². The molecule has 1 aliphatic heterocycles. The third kappa shape index (κ3) is 6.70. The molecule has 34 heavy (non-hydrogen) atoms. The summed E-state index contributed by atoms with van der Waals surface area (Å²) in [5.74, 6) is 0.608. The van der Waals surface area contributed by atoms with Crippen molar-refractivity contribution in [3.63, 3.8) is 0 Å². The van der Waals surface area contributed by atoms with Crippen LogP contribution in [0, 0.1) is 0 Å². The third-order valence-corrected chi connectivity index (χ3v) is 5.31. The van der Waals surface area contributed by atoms with Gasteiger partial charge in [0.2, 0.25) is 0 Å². The highest BCUT2D eigenvalue weighted by molar-refractivity contribution is 7.80. The van der Waals surface area contributed by atoms with Crippen LogP contribution in [0.3, 0.4) is 0 Å². The Balaban J connectivity index is 1.33. The van der Waals surface area contributed by atoms with E-state index < -0.39 is 12.1 Å². The number of nitrogens with zero attached hydrogens (tertiary/aromatic N) is 3. The van der Waals surface area contributed by atoms with E-state index in [0.29, 0.717) is 16.7 Å². The molecule has 0 aliphatic carbocycles. The van der Waals surface area contributed by atoms with Gasteiger partial charge in [-0.1, -0.05) is 12.1 Å². The molecule has 2 aromatic heterocycles. The van der Waals surface area contributed by atoms with Crippen molar-refractivity contribution in [2.75, 3.05) is 23.3 Å². The molecule has 0 saturated carbocycles. The van der Waals surface area contributed by atoms with Crippen LogP contribution in [0.1, 0.15) is 12.8 Å². The van der Waals surface area contributed by atoms with Crippen LogP contribution in [-0.2, 0) is 0 Å². The van der Waals surface area contributed by atoms with Crippen LogP contribution in [0.2, 0.25) is 0 Å². The molecular formula is C23H22F3N5O2S. The van der Waals surface area contributed by atoms with E-state index in [-0.39, 0.29) is 11.8 Å². The highest BCUT2D eigenvalue weighted by Gasteiger charge is 2.32. The maximum absolute atomic E-state index is 12.7. The second-order valence-corrected chi connectivity index (χ2v) is 7.96. The van der Waals surface area contributed by atoms with E-state index in [2.05, 4.69) is 30.2 Å². The number of aromatic nitrogens is 2. The lowest BCUT2D eigenvalue weighted by Crippen LogP contribution is -2.46. The Hall–Kier alpha value is -3.60. The van der Waals surface area contributed by atoms with Gasteiger partial charge in [-0.05, 0) is 55.4 Å². The summed E-state index contributed by atoms with van der Waals surface area (Å²) >= 11 is 5.39. The van der Waals surface area contributed by atoms with Gasteiger partial charge >= 0.3 is 6.36 Å².